The molecule has 0 saturated heterocycles. The molecule has 0 bridgehead atoms. The number of aromatic nitrogens is 3. The van der Waals surface area contributed by atoms with Crippen molar-refractivity contribution >= 4 is 22.0 Å². The molecule has 0 aliphatic heterocycles. The smallest absolute Gasteiger partial charge is 0.0774 e. The van der Waals surface area contributed by atoms with E-state index in [1.807, 2.05) is 36.4 Å². The van der Waals surface area contributed by atoms with E-state index in [1.165, 1.54) is 22.9 Å². The third-order valence-electron chi connectivity index (χ3n) is 8.15. The number of hydrogen-bond donors (Lipinski definition) is 0. The molecule has 0 unspecified atom stereocenters. The third-order valence-corrected chi connectivity index (χ3v) is 8.15. The second kappa shape index (κ2) is 13.9. The minimum absolute atomic E-state index is 0. The van der Waals surface area contributed by atoms with Gasteiger partial charge in [-0.15, -0.1) is 42.0 Å². The van der Waals surface area contributed by atoms with E-state index in [2.05, 4.69) is 122 Å². The van der Waals surface area contributed by atoms with Crippen LogP contribution >= 0.6 is 0 Å². The second-order valence-corrected chi connectivity index (χ2v) is 12.4. The maximum Gasteiger partial charge on any atom is 0.0774 e. The van der Waals surface area contributed by atoms with E-state index in [0.717, 1.165) is 50.3 Å². The number of rotatable bonds is 4. The Balaban J connectivity index is 0.000000222. The summed E-state index contributed by atoms with van der Waals surface area (Å²) in [7, 11) is 0. The van der Waals surface area contributed by atoms with Gasteiger partial charge in [0, 0.05) is 47.9 Å². The van der Waals surface area contributed by atoms with E-state index in [0.29, 0.717) is 0 Å². The molecule has 0 atom stereocenters. The summed E-state index contributed by atoms with van der Waals surface area (Å²) in [6.07, 6.45) is 4.55. The topological polar surface area (TPSA) is 43.9 Å². The van der Waals surface area contributed by atoms with Crippen molar-refractivity contribution in [2.75, 3.05) is 0 Å². The maximum absolute atomic E-state index is 7.23. The van der Waals surface area contributed by atoms with Gasteiger partial charge in [-0.1, -0.05) is 111 Å². The zero-order valence-corrected chi connectivity index (χ0v) is 29.3. The molecule has 8 aromatic rings. The molecule has 5 aromatic carbocycles. The average molecular weight is 805 g/mol. The van der Waals surface area contributed by atoms with Crippen LogP contribution in [0.3, 0.4) is 0 Å². The normalized spacial score (nSPS) is 12.4. The van der Waals surface area contributed by atoms with Crippen LogP contribution in [-0.4, -0.2) is 14.5 Å². The molecule has 48 heavy (non-hydrogen) atoms. The van der Waals surface area contributed by atoms with Gasteiger partial charge in [0.2, 0.25) is 0 Å². The van der Waals surface area contributed by atoms with Gasteiger partial charge in [-0.05, 0) is 64.5 Å². The van der Waals surface area contributed by atoms with Crippen molar-refractivity contribution in [1.29, 1.82) is 0 Å². The molecule has 1 radical (unpaired) electrons. The zero-order valence-electron chi connectivity index (χ0n) is 29.9. The van der Waals surface area contributed by atoms with Crippen LogP contribution in [-0.2, 0) is 25.5 Å². The summed E-state index contributed by atoms with van der Waals surface area (Å²) in [6, 6.07) is 47.5. The first-order valence-corrected chi connectivity index (χ1v) is 15.6. The van der Waals surface area contributed by atoms with E-state index in [4.69, 9.17) is 13.5 Å². The van der Waals surface area contributed by atoms with Gasteiger partial charge >= 0.3 is 0 Å². The van der Waals surface area contributed by atoms with Crippen molar-refractivity contribution in [3.63, 3.8) is 0 Å². The summed E-state index contributed by atoms with van der Waals surface area (Å²) < 4.78 is 29.8. The standard InChI is InChI=1S/C31H25N2O.C12H10N.Ir/c1-31(2,3)23-15-18-25-26(20-34-29(25)19-23)30-32-27-11-7-8-12-28(27)33(30)24-16-13-22(14-17-24)21-9-5-4-6-10-21;1-10-7-8-12(13-9-10)11-5-3-2-4-6-11;/h4-19H,1-3H3;2-5,7-9H,1H3;/q2*-1;/i;1D3;. The van der Waals surface area contributed by atoms with E-state index < -0.39 is 6.85 Å². The average Bonchev–Trinajstić information content (AvgIpc) is 3.73. The molecule has 4 nitrogen and oxygen atoms in total. The summed E-state index contributed by atoms with van der Waals surface area (Å²) in [5, 5.41) is 1.02. The van der Waals surface area contributed by atoms with Crippen LogP contribution in [0.2, 0.25) is 0 Å². The van der Waals surface area contributed by atoms with Crippen molar-refractivity contribution in [2.45, 2.75) is 33.0 Å². The third kappa shape index (κ3) is 6.80. The quantitative estimate of drug-likeness (QED) is 0.166. The van der Waals surface area contributed by atoms with Gasteiger partial charge in [-0.2, -0.15) is 0 Å². The minimum Gasteiger partial charge on any atom is -0.557 e. The van der Waals surface area contributed by atoms with Crippen LogP contribution in [0.15, 0.2) is 144 Å². The van der Waals surface area contributed by atoms with Gasteiger partial charge in [0.1, 0.15) is 0 Å². The Hall–Kier alpha value is -5.09. The number of furan rings is 1. The Morgan fingerprint density at radius 1 is 0.771 bits per heavy atom. The molecule has 3 heterocycles. The van der Waals surface area contributed by atoms with Gasteiger partial charge in [-0.25, -0.2) is 0 Å². The van der Waals surface area contributed by atoms with Gasteiger partial charge in [-0.3, -0.25) is 4.98 Å². The van der Waals surface area contributed by atoms with E-state index in [1.54, 1.807) is 18.2 Å². The van der Waals surface area contributed by atoms with Crippen LogP contribution in [0.1, 0.15) is 36.0 Å². The predicted molar refractivity (Wildman–Crippen MR) is 192 cm³/mol. The van der Waals surface area contributed by atoms with Crippen LogP contribution in [0.5, 0.6) is 0 Å². The molecule has 8 rings (SSSR count). The summed E-state index contributed by atoms with van der Waals surface area (Å²) in [5.41, 5.74) is 10.3. The first-order chi connectivity index (χ1) is 24.1. The van der Waals surface area contributed by atoms with Crippen LogP contribution in [0.4, 0.5) is 0 Å². The fourth-order valence-corrected chi connectivity index (χ4v) is 5.60. The van der Waals surface area contributed by atoms with Crippen LogP contribution in [0.25, 0.3) is 61.5 Å². The summed E-state index contributed by atoms with van der Waals surface area (Å²) in [5.74, 6) is 0.830. The molecule has 3 aromatic heterocycles. The van der Waals surface area contributed by atoms with Crippen molar-refractivity contribution in [2.24, 2.45) is 0 Å². The predicted octanol–water partition coefficient (Wildman–Crippen LogP) is 11.1. The first kappa shape index (κ1) is 29.1. The molecular formula is C43H35IrN3O-2. The summed E-state index contributed by atoms with van der Waals surface area (Å²) >= 11 is 0. The Kier molecular flexibility index (Phi) is 8.45. The number of aryl methyl sites for hydroxylation is 1. The van der Waals surface area contributed by atoms with Crippen molar-refractivity contribution in [3.05, 3.63) is 163 Å². The fraction of sp³-hybridized carbons (Fsp3) is 0.116. The molecular weight excluding hydrogens is 767 g/mol. The number of pyridine rings is 1. The van der Waals surface area contributed by atoms with Gasteiger partial charge in [0.15, 0.2) is 0 Å². The summed E-state index contributed by atoms with van der Waals surface area (Å²) in [6.45, 7) is 4.53. The molecule has 5 heteroatoms. The monoisotopic (exact) mass is 805 g/mol. The van der Waals surface area contributed by atoms with Crippen molar-refractivity contribution in [3.8, 4) is 39.5 Å². The SMILES string of the molecule is CC(C)(C)c1ccc2c(-c3nc4ccccc4n3-c3ccc(-c4ccccc4)cc3)[c-]oc2c1.[2H]C([2H])([2H])c1ccc(-c2[c-]cccc2)nc1.[Ir]. The molecule has 0 N–H and O–H groups in total. The number of nitrogens with zero attached hydrogens (tertiary/aromatic N) is 3. The maximum atomic E-state index is 7.23. The molecule has 0 amide bonds. The van der Waals surface area contributed by atoms with Gasteiger partial charge < -0.3 is 14.0 Å². The Bertz CT molecular complexity index is 2380. The number of fused-ring (bicyclic) bond motifs is 2. The molecule has 0 aliphatic carbocycles. The van der Waals surface area contributed by atoms with Crippen molar-refractivity contribution in [1.82, 2.24) is 14.5 Å². The largest absolute Gasteiger partial charge is 0.557 e. The first-order valence-electron chi connectivity index (χ1n) is 17.1. The zero-order chi connectivity index (χ0) is 34.9. The fourth-order valence-electron chi connectivity index (χ4n) is 5.60. The Morgan fingerprint density at radius 3 is 2.23 bits per heavy atom. The molecule has 0 fully saturated rings. The Labute approximate surface area is 299 Å². The summed E-state index contributed by atoms with van der Waals surface area (Å²) in [4.78, 5) is 9.13. The Morgan fingerprint density at radius 2 is 1.52 bits per heavy atom. The van der Waals surface area contributed by atoms with Crippen LogP contribution in [0, 0.1) is 19.2 Å². The molecule has 0 spiro atoms. The number of para-hydroxylation sites is 2. The number of imidazole rings is 1. The van der Waals surface area contributed by atoms with Gasteiger partial charge in [0.25, 0.3) is 0 Å². The number of benzene rings is 5. The molecule has 239 valence electrons. The minimum atomic E-state index is -2.09. The molecule has 0 aliphatic rings. The van der Waals surface area contributed by atoms with E-state index in [9.17, 15) is 0 Å². The van der Waals surface area contributed by atoms with E-state index >= 15 is 0 Å². The number of hydrogen-bond acceptors (Lipinski definition) is 3. The molecule has 0 saturated carbocycles. The van der Waals surface area contributed by atoms with Crippen LogP contribution < -0.4 is 0 Å². The van der Waals surface area contributed by atoms with E-state index in [-0.39, 0.29) is 31.1 Å². The van der Waals surface area contributed by atoms with Gasteiger partial charge in [0.05, 0.1) is 16.9 Å². The second-order valence-electron chi connectivity index (χ2n) is 12.4. The van der Waals surface area contributed by atoms with Crippen molar-refractivity contribution < 1.29 is 28.6 Å².